The fourth-order valence-corrected chi connectivity index (χ4v) is 2.29. The highest BCUT2D eigenvalue weighted by atomic mass is 16.5. The Morgan fingerprint density at radius 3 is 2.72 bits per heavy atom. The van der Waals surface area contributed by atoms with Gasteiger partial charge in [0, 0.05) is 13.6 Å². The molecule has 0 aromatic rings. The maximum absolute atomic E-state index is 11.7. The van der Waals surface area contributed by atoms with E-state index in [-0.39, 0.29) is 18.6 Å². The summed E-state index contributed by atoms with van der Waals surface area (Å²) in [4.78, 5) is 13.3. The van der Waals surface area contributed by atoms with Gasteiger partial charge in [-0.05, 0) is 31.1 Å². The lowest BCUT2D eigenvalue weighted by atomic mass is 9.80. The van der Waals surface area contributed by atoms with E-state index < -0.39 is 0 Å². The molecule has 0 bridgehead atoms. The van der Waals surface area contributed by atoms with Crippen LogP contribution in [-0.4, -0.2) is 37.1 Å². The highest BCUT2D eigenvalue weighted by Crippen LogP contribution is 2.30. The fourth-order valence-electron chi connectivity index (χ4n) is 2.29. The standard InChI is InChI=1S/C14H24N2O2/c1-11-5-6-13(9-12(11)2)18-10-14(17)16(3)8-4-7-15/h11-13H,4-6,8-10H2,1-3H3. The molecule has 0 heterocycles. The van der Waals surface area contributed by atoms with E-state index in [1.807, 2.05) is 6.07 Å². The van der Waals surface area contributed by atoms with Gasteiger partial charge in [0.2, 0.25) is 5.91 Å². The van der Waals surface area contributed by atoms with E-state index in [2.05, 4.69) is 13.8 Å². The number of nitriles is 1. The molecule has 0 aliphatic heterocycles. The highest BCUT2D eigenvalue weighted by Gasteiger charge is 2.25. The van der Waals surface area contributed by atoms with Crippen molar-refractivity contribution >= 4 is 5.91 Å². The van der Waals surface area contributed by atoms with Crippen LogP contribution >= 0.6 is 0 Å². The molecule has 4 heteroatoms. The van der Waals surface area contributed by atoms with Gasteiger partial charge >= 0.3 is 0 Å². The monoisotopic (exact) mass is 252 g/mol. The Bertz CT molecular complexity index is 311. The first-order valence-corrected chi connectivity index (χ1v) is 6.77. The average Bonchev–Trinajstić information content (AvgIpc) is 2.36. The van der Waals surface area contributed by atoms with Crippen molar-refractivity contribution in [1.82, 2.24) is 4.90 Å². The number of hydrogen-bond donors (Lipinski definition) is 0. The number of amides is 1. The summed E-state index contributed by atoms with van der Waals surface area (Å²) in [7, 11) is 1.72. The molecule has 1 rings (SSSR count). The second-order valence-corrected chi connectivity index (χ2v) is 5.42. The van der Waals surface area contributed by atoms with E-state index >= 15 is 0 Å². The number of nitrogens with zero attached hydrogens (tertiary/aromatic N) is 2. The van der Waals surface area contributed by atoms with Gasteiger partial charge in [0.15, 0.2) is 0 Å². The number of rotatable bonds is 5. The largest absolute Gasteiger partial charge is 0.368 e. The summed E-state index contributed by atoms with van der Waals surface area (Å²) in [6, 6.07) is 2.03. The van der Waals surface area contributed by atoms with E-state index in [0.717, 1.165) is 18.8 Å². The van der Waals surface area contributed by atoms with Crippen molar-refractivity contribution < 1.29 is 9.53 Å². The van der Waals surface area contributed by atoms with Gasteiger partial charge < -0.3 is 9.64 Å². The molecule has 4 nitrogen and oxygen atoms in total. The van der Waals surface area contributed by atoms with Crippen molar-refractivity contribution in [3.05, 3.63) is 0 Å². The highest BCUT2D eigenvalue weighted by molar-refractivity contribution is 5.77. The lowest BCUT2D eigenvalue weighted by Gasteiger charge is -2.32. The molecule has 0 aromatic carbocycles. The van der Waals surface area contributed by atoms with Gasteiger partial charge in [-0.2, -0.15) is 5.26 Å². The number of hydrogen-bond acceptors (Lipinski definition) is 3. The molecule has 0 saturated heterocycles. The second kappa shape index (κ2) is 7.38. The molecular weight excluding hydrogens is 228 g/mol. The first-order valence-electron chi connectivity index (χ1n) is 6.77. The summed E-state index contributed by atoms with van der Waals surface area (Å²) in [6.45, 7) is 5.16. The molecule has 3 atom stereocenters. The summed E-state index contributed by atoms with van der Waals surface area (Å²) in [5, 5.41) is 8.47. The molecule has 0 spiro atoms. The number of carbonyl (C=O) groups is 1. The molecule has 1 aliphatic rings. The lowest BCUT2D eigenvalue weighted by Crippen LogP contribution is -2.34. The van der Waals surface area contributed by atoms with E-state index in [9.17, 15) is 4.79 Å². The molecule has 3 unspecified atom stereocenters. The van der Waals surface area contributed by atoms with Crippen molar-refractivity contribution in [2.75, 3.05) is 20.2 Å². The van der Waals surface area contributed by atoms with Crippen molar-refractivity contribution in [3.8, 4) is 6.07 Å². The van der Waals surface area contributed by atoms with Gasteiger partial charge in [-0.3, -0.25) is 4.79 Å². The molecule has 1 amide bonds. The first-order chi connectivity index (χ1) is 8.54. The molecule has 18 heavy (non-hydrogen) atoms. The molecule has 0 radical (unpaired) electrons. The topological polar surface area (TPSA) is 53.3 Å². The number of carbonyl (C=O) groups excluding carboxylic acids is 1. The Kier molecular flexibility index (Phi) is 6.14. The average molecular weight is 252 g/mol. The zero-order valence-electron chi connectivity index (χ0n) is 11.7. The predicted octanol–water partition coefficient (Wildman–Crippen LogP) is 2.20. The molecule has 1 fully saturated rings. The summed E-state index contributed by atoms with van der Waals surface area (Å²) < 4.78 is 5.69. The van der Waals surface area contributed by atoms with Crippen LogP contribution < -0.4 is 0 Å². The van der Waals surface area contributed by atoms with E-state index in [1.165, 1.54) is 6.42 Å². The minimum absolute atomic E-state index is 0.0310. The van der Waals surface area contributed by atoms with E-state index in [4.69, 9.17) is 10.00 Å². The van der Waals surface area contributed by atoms with Crippen molar-refractivity contribution in [2.24, 2.45) is 11.8 Å². The summed E-state index contributed by atoms with van der Waals surface area (Å²) in [5.74, 6) is 1.41. The van der Waals surface area contributed by atoms with Crippen LogP contribution in [0.25, 0.3) is 0 Å². The van der Waals surface area contributed by atoms with Crippen LogP contribution in [0.3, 0.4) is 0 Å². The molecular formula is C14H24N2O2. The van der Waals surface area contributed by atoms with Gasteiger partial charge in [0.25, 0.3) is 0 Å². The van der Waals surface area contributed by atoms with E-state index in [1.54, 1.807) is 11.9 Å². The number of likely N-dealkylation sites (N-methyl/N-ethyl adjacent to an activating group) is 1. The summed E-state index contributed by atoms with van der Waals surface area (Å²) >= 11 is 0. The first kappa shape index (κ1) is 15.0. The van der Waals surface area contributed by atoms with Gasteiger partial charge in [0.05, 0.1) is 18.6 Å². The third kappa shape index (κ3) is 4.66. The van der Waals surface area contributed by atoms with Gasteiger partial charge in [0.1, 0.15) is 6.61 Å². The van der Waals surface area contributed by atoms with Crippen molar-refractivity contribution in [2.45, 2.75) is 45.6 Å². The normalized spacial score (nSPS) is 27.6. The SMILES string of the molecule is CC1CCC(OCC(=O)N(C)CCC#N)CC1C. The van der Waals surface area contributed by atoms with Gasteiger partial charge in [-0.15, -0.1) is 0 Å². The van der Waals surface area contributed by atoms with Gasteiger partial charge in [-0.25, -0.2) is 0 Å². The minimum Gasteiger partial charge on any atom is -0.368 e. The Labute approximate surface area is 110 Å². The Hall–Kier alpha value is -1.08. The zero-order chi connectivity index (χ0) is 13.5. The molecule has 102 valence electrons. The van der Waals surface area contributed by atoms with Crippen LogP contribution in [0.15, 0.2) is 0 Å². The van der Waals surface area contributed by atoms with Crippen LogP contribution in [0, 0.1) is 23.2 Å². The quantitative estimate of drug-likeness (QED) is 0.753. The van der Waals surface area contributed by atoms with Crippen LogP contribution in [0.2, 0.25) is 0 Å². The maximum atomic E-state index is 11.7. The van der Waals surface area contributed by atoms with Crippen LogP contribution in [0.1, 0.15) is 39.5 Å². The maximum Gasteiger partial charge on any atom is 0.248 e. The minimum atomic E-state index is -0.0310. The predicted molar refractivity (Wildman–Crippen MR) is 69.8 cm³/mol. The molecule has 0 aromatic heterocycles. The van der Waals surface area contributed by atoms with E-state index in [0.29, 0.717) is 18.9 Å². The zero-order valence-corrected chi connectivity index (χ0v) is 11.7. The smallest absolute Gasteiger partial charge is 0.248 e. The van der Waals surface area contributed by atoms with Crippen LogP contribution in [0.5, 0.6) is 0 Å². The number of ether oxygens (including phenoxy) is 1. The molecule has 0 N–H and O–H groups in total. The summed E-state index contributed by atoms with van der Waals surface area (Å²) in [5.41, 5.74) is 0. The van der Waals surface area contributed by atoms with Crippen LogP contribution in [0.4, 0.5) is 0 Å². The molecule has 1 saturated carbocycles. The summed E-state index contributed by atoms with van der Waals surface area (Å²) in [6.07, 6.45) is 3.89. The second-order valence-electron chi connectivity index (χ2n) is 5.42. The fraction of sp³-hybridized carbons (Fsp3) is 0.857. The van der Waals surface area contributed by atoms with Crippen molar-refractivity contribution in [1.29, 1.82) is 5.26 Å². The Balaban J connectivity index is 2.24. The van der Waals surface area contributed by atoms with Crippen molar-refractivity contribution in [3.63, 3.8) is 0 Å². The Morgan fingerprint density at radius 1 is 1.39 bits per heavy atom. The lowest BCUT2D eigenvalue weighted by molar-refractivity contribution is -0.138. The third-order valence-electron chi connectivity index (χ3n) is 3.98. The molecule has 1 aliphatic carbocycles. The Morgan fingerprint density at radius 2 is 2.11 bits per heavy atom. The van der Waals surface area contributed by atoms with Crippen LogP contribution in [-0.2, 0) is 9.53 Å². The van der Waals surface area contributed by atoms with Gasteiger partial charge in [-0.1, -0.05) is 13.8 Å². The third-order valence-corrected chi connectivity index (χ3v) is 3.98.